The van der Waals surface area contributed by atoms with E-state index in [9.17, 15) is 9.59 Å². The van der Waals surface area contributed by atoms with Crippen molar-refractivity contribution >= 4 is 11.8 Å². The molecule has 2 aromatic rings. The molecule has 3 aliphatic heterocycles. The van der Waals surface area contributed by atoms with Gasteiger partial charge in [-0.05, 0) is 12.0 Å². The molecule has 3 fully saturated rings. The van der Waals surface area contributed by atoms with Crippen molar-refractivity contribution in [2.45, 2.75) is 102 Å². The molecule has 6 atom stereocenters. The smallest absolute Gasteiger partial charge is 0.234 e. The standard InChI is InChI=1S/C38H55N3O8/c1-2-3-4-5-6-7-8-15-22-46-38-36-35(34-31(48-38)28-47-37(49-34)30-18-13-10-14-19-30)44-23-20-39-32(42)26-41(25-29-16-11-9-12-17-29)27-33(43)40-21-24-45-36/h9-14,16-19,31,34-38H,2-8,15,20-28H2,1H3,(H,39,42)(H,40,43)/t31-,34-,35+,36-,37?,38-/m1/s1. The largest absolute Gasteiger partial charge is 0.371 e. The van der Waals surface area contributed by atoms with Gasteiger partial charge in [-0.15, -0.1) is 0 Å². The molecular formula is C38H55N3O8. The van der Waals surface area contributed by atoms with Gasteiger partial charge in [0.15, 0.2) is 12.6 Å². The lowest BCUT2D eigenvalue weighted by molar-refractivity contribution is -0.370. The number of benzene rings is 2. The molecule has 0 radical (unpaired) electrons. The van der Waals surface area contributed by atoms with Crippen molar-refractivity contribution < 1.29 is 38.0 Å². The zero-order chi connectivity index (χ0) is 34.1. The molecule has 49 heavy (non-hydrogen) atoms. The number of hydrogen-bond acceptors (Lipinski definition) is 9. The molecule has 1 unspecified atom stereocenters. The first kappa shape index (κ1) is 37.4. The third kappa shape index (κ3) is 12.1. The quantitative estimate of drug-likeness (QED) is 0.295. The van der Waals surface area contributed by atoms with E-state index in [-0.39, 0.29) is 51.2 Å². The van der Waals surface area contributed by atoms with E-state index in [1.165, 1.54) is 38.5 Å². The Bertz CT molecular complexity index is 1240. The Morgan fingerprint density at radius 3 is 2.00 bits per heavy atom. The number of fused-ring (bicyclic) bond motifs is 3. The van der Waals surface area contributed by atoms with Gasteiger partial charge in [-0.1, -0.05) is 113 Å². The lowest BCUT2D eigenvalue weighted by atomic mass is 9.97. The summed E-state index contributed by atoms with van der Waals surface area (Å²) >= 11 is 0. The number of ether oxygens (including phenoxy) is 6. The first-order valence-electron chi connectivity index (χ1n) is 18.2. The van der Waals surface area contributed by atoms with Crippen LogP contribution in [0.4, 0.5) is 0 Å². The van der Waals surface area contributed by atoms with Crippen LogP contribution in [0.15, 0.2) is 60.7 Å². The minimum atomic E-state index is -0.710. The summed E-state index contributed by atoms with van der Waals surface area (Å²) in [4.78, 5) is 27.8. The molecule has 3 saturated heterocycles. The van der Waals surface area contributed by atoms with Crippen LogP contribution in [0.25, 0.3) is 0 Å². The van der Waals surface area contributed by atoms with Crippen molar-refractivity contribution in [3.63, 3.8) is 0 Å². The van der Waals surface area contributed by atoms with Gasteiger partial charge in [0, 0.05) is 31.8 Å². The molecule has 11 nitrogen and oxygen atoms in total. The van der Waals surface area contributed by atoms with Crippen LogP contribution >= 0.6 is 0 Å². The van der Waals surface area contributed by atoms with Gasteiger partial charge >= 0.3 is 0 Å². The summed E-state index contributed by atoms with van der Waals surface area (Å²) in [7, 11) is 0. The fraction of sp³-hybridized carbons (Fsp3) is 0.632. The highest BCUT2D eigenvalue weighted by Gasteiger charge is 2.51. The second-order valence-electron chi connectivity index (χ2n) is 13.1. The Balaban J connectivity index is 1.25. The van der Waals surface area contributed by atoms with Gasteiger partial charge in [-0.25, -0.2) is 0 Å². The van der Waals surface area contributed by atoms with E-state index in [0.717, 1.165) is 24.0 Å². The first-order valence-corrected chi connectivity index (χ1v) is 18.2. The fourth-order valence-corrected chi connectivity index (χ4v) is 6.56. The van der Waals surface area contributed by atoms with Crippen molar-refractivity contribution in [2.75, 3.05) is 52.6 Å². The van der Waals surface area contributed by atoms with Crippen LogP contribution in [0.3, 0.4) is 0 Å². The second-order valence-corrected chi connectivity index (χ2v) is 13.1. The number of nitrogens with one attached hydrogen (secondary N) is 2. The number of nitrogens with zero attached hydrogens (tertiary/aromatic N) is 1. The van der Waals surface area contributed by atoms with Crippen LogP contribution in [0.2, 0.25) is 0 Å². The summed E-state index contributed by atoms with van der Waals surface area (Å²) in [5.41, 5.74) is 1.92. The maximum absolute atomic E-state index is 13.0. The van der Waals surface area contributed by atoms with E-state index >= 15 is 0 Å². The van der Waals surface area contributed by atoms with Crippen LogP contribution in [-0.4, -0.2) is 100 Å². The molecule has 2 aromatic carbocycles. The average molecular weight is 682 g/mol. The topological polar surface area (TPSA) is 117 Å². The van der Waals surface area contributed by atoms with Gasteiger partial charge in [0.05, 0.1) is 32.9 Å². The van der Waals surface area contributed by atoms with Gasteiger partial charge in [0.1, 0.15) is 24.4 Å². The zero-order valence-electron chi connectivity index (χ0n) is 29.0. The molecule has 0 saturated carbocycles. The SMILES string of the molecule is CCCCCCCCCCO[C@@H]1O[C@@H]2COC(c3ccccc3)O[C@H]2[C@@H]2OCCNC(=O)CN(Cc3ccccc3)CC(=O)NCCO[C@@H]12. The van der Waals surface area contributed by atoms with Crippen molar-refractivity contribution in [1.29, 1.82) is 0 Å². The molecule has 11 heteroatoms. The number of carbonyl (C=O) groups excluding carboxylic acids is 2. The Hall–Kier alpha value is -2.90. The van der Waals surface area contributed by atoms with E-state index < -0.39 is 37.0 Å². The Morgan fingerprint density at radius 2 is 1.33 bits per heavy atom. The van der Waals surface area contributed by atoms with Crippen molar-refractivity contribution in [3.05, 3.63) is 71.8 Å². The van der Waals surface area contributed by atoms with Gasteiger partial charge in [-0.2, -0.15) is 0 Å². The summed E-state index contributed by atoms with van der Waals surface area (Å²) in [6.45, 7) is 4.73. The molecule has 3 aliphatic rings. The van der Waals surface area contributed by atoms with Gasteiger partial charge in [-0.3, -0.25) is 14.5 Å². The van der Waals surface area contributed by atoms with Crippen LogP contribution < -0.4 is 10.6 Å². The highest BCUT2D eigenvalue weighted by atomic mass is 16.8. The summed E-state index contributed by atoms with van der Waals surface area (Å²) in [6.07, 6.45) is 6.16. The van der Waals surface area contributed by atoms with Crippen LogP contribution in [0, 0.1) is 0 Å². The summed E-state index contributed by atoms with van der Waals surface area (Å²) in [5.74, 6) is -0.367. The fourth-order valence-electron chi connectivity index (χ4n) is 6.56. The lowest BCUT2D eigenvalue weighted by Crippen LogP contribution is -2.64. The molecule has 0 spiro atoms. The normalized spacial score (nSPS) is 27.5. The van der Waals surface area contributed by atoms with E-state index in [2.05, 4.69) is 17.6 Å². The first-order chi connectivity index (χ1) is 24.1. The van der Waals surface area contributed by atoms with Gasteiger partial charge < -0.3 is 39.1 Å². The number of rotatable bonds is 13. The lowest BCUT2D eigenvalue weighted by Gasteiger charge is -2.49. The molecule has 0 aromatic heterocycles. The Labute approximate surface area is 291 Å². The number of amides is 2. The Kier molecular flexibility index (Phi) is 15.8. The summed E-state index contributed by atoms with van der Waals surface area (Å²) in [5, 5.41) is 5.91. The molecule has 270 valence electrons. The van der Waals surface area contributed by atoms with E-state index in [1.807, 2.05) is 65.6 Å². The minimum absolute atomic E-state index is 0.0801. The molecule has 2 N–H and O–H groups in total. The third-order valence-electron chi connectivity index (χ3n) is 9.09. The van der Waals surface area contributed by atoms with Crippen LogP contribution in [-0.2, 0) is 44.6 Å². The monoisotopic (exact) mass is 681 g/mol. The molecule has 5 rings (SSSR count). The predicted molar refractivity (Wildman–Crippen MR) is 184 cm³/mol. The molecular weight excluding hydrogens is 626 g/mol. The van der Waals surface area contributed by atoms with Crippen molar-refractivity contribution in [2.24, 2.45) is 0 Å². The highest BCUT2D eigenvalue weighted by Crippen LogP contribution is 2.36. The minimum Gasteiger partial charge on any atom is -0.371 e. The maximum atomic E-state index is 13.0. The predicted octanol–water partition coefficient (Wildman–Crippen LogP) is 4.50. The Morgan fingerprint density at radius 1 is 0.714 bits per heavy atom. The van der Waals surface area contributed by atoms with E-state index in [0.29, 0.717) is 19.8 Å². The van der Waals surface area contributed by atoms with Crippen LogP contribution in [0.5, 0.6) is 0 Å². The summed E-state index contributed by atoms with van der Waals surface area (Å²) < 4.78 is 38.4. The molecule has 2 amide bonds. The molecule has 0 aliphatic carbocycles. The summed E-state index contributed by atoms with van der Waals surface area (Å²) in [6, 6.07) is 19.6. The second kappa shape index (κ2) is 20.7. The number of carbonyl (C=O) groups is 2. The zero-order valence-corrected chi connectivity index (χ0v) is 29.0. The molecule has 0 bridgehead atoms. The number of hydrogen-bond donors (Lipinski definition) is 2. The molecule has 3 heterocycles. The van der Waals surface area contributed by atoms with Gasteiger partial charge in [0.2, 0.25) is 11.8 Å². The van der Waals surface area contributed by atoms with E-state index in [4.69, 9.17) is 28.4 Å². The van der Waals surface area contributed by atoms with Crippen LogP contribution in [0.1, 0.15) is 75.7 Å². The average Bonchev–Trinajstić information content (AvgIpc) is 3.12. The van der Waals surface area contributed by atoms with E-state index in [1.54, 1.807) is 0 Å². The van der Waals surface area contributed by atoms with Crippen molar-refractivity contribution in [1.82, 2.24) is 15.5 Å². The number of unbranched alkanes of at least 4 members (excludes halogenated alkanes) is 7. The highest BCUT2D eigenvalue weighted by molar-refractivity contribution is 5.81. The maximum Gasteiger partial charge on any atom is 0.234 e. The third-order valence-corrected chi connectivity index (χ3v) is 9.09. The van der Waals surface area contributed by atoms with Gasteiger partial charge in [0.25, 0.3) is 0 Å². The van der Waals surface area contributed by atoms with Crippen molar-refractivity contribution in [3.8, 4) is 0 Å².